The molecule has 0 amide bonds. The number of allylic oxidation sites excluding steroid dienone is 8. The van der Waals surface area contributed by atoms with Crippen molar-refractivity contribution in [2.24, 2.45) is 0 Å². The number of hydrogen-bond donors (Lipinski definition) is 0. The van der Waals surface area contributed by atoms with Crippen molar-refractivity contribution in [2.75, 3.05) is 0 Å². The second-order valence-corrected chi connectivity index (χ2v) is 18.5. The van der Waals surface area contributed by atoms with E-state index >= 15 is 0 Å². The average molecular weight is 629 g/mol. The van der Waals surface area contributed by atoms with Crippen LogP contribution in [0, 0.1) is 73.3 Å². The van der Waals surface area contributed by atoms with E-state index in [1.807, 2.05) is 0 Å². The molecule has 38 heavy (non-hydrogen) atoms. The number of fused-ring (bicyclic) bond motifs is 2. The topological polar surface area (TPSA) is 0 Å². The Morgan fingerprint density at radius 1 is 0.526 bits per heavy atom. The summed E-state index contributed by atoms with van der Waals surface area (Å²) >= 11 is -0.826. The zero-order valence-corrected chi connectivity index (χ0v) is 27.1. The van der Waals surface area contributed by atoms with Crippen LogP contribution in [0.15, 0.2) is 97.1 Å². The van der Waals surface area contributed by atoms with Crippen LogP contribution in [-0.2, 0) is 20.8 Å². The predicted octanol–water partition coefficient (Wildman–Crippen LogP) is 9.15. The van der Waals surface area contributed by atoms with Crippen molar-refractivity contribution in [3.63, 3.8) is 0 Å². The summed E-state index contributed by atoms with van der Waals surface area (Å²) in [6, 6.07) is 18.1. The summed E-state index contributed by atoms with van der Waals surface area (Å²) in [7, 11) is 7.71. The van der Waals surface area contributed by atoms with E-state index in [1.54, 1.807) is 11.1 Å². The Bertz CT molecular complexity index is 1120. The second-order valence-electron chi connectivity index (χ2n) is 10.5. The summed E-state index contributed by atoms with van der Waals surface area (Å²) < 4.78 is 0. The minimum absolute atomic E-state index is 0.826. The maximum absolute atomic E-state index is 4.93. The SMILES string of the molecule is Cc1ccc([C]2[CH][C]3C=CC=C[C]3[C]2[Si](C)(C)[C]2[C]3C=CC=C[C]3[CH][C]2c2ccc(C)cc2)cc1.[Cl][Zr+2][Cl]. The van der Waals surface area contributed by atoms with Gasteiger partial charge in [0.25, 0.3) is 0 Å². The van der Waals surface area contributed by atoms with Crippen LogP contribution in [0.25, 0.3) is 0 Å². The Morgan fingerprint density at radius 3 is 1.24 bits per heavy atom. The van der Waals surface area contributed by atoms with Crippen molar-refractivity contribution >= 4 is 25.1 Å². The average Bonchev–Trinajstić information content (AvgIpc) is 3.50. The van der Waals surface area contributed by atoms with Crippen molar-refractivity contribution in [3.8, 4) is 0 Å². The third-order valence-corrected chi connectivity index (χ3v) is 11.2. The third-order valence-electron chi connectivity index (χ3n) is 7.57. The molecule has 4 aliphatic carbocycles. The van der Waals surface area contributed by atoms with E-state index in [2.05, 4.69) is 137 Å². The minimum atomic E-state index is -2.16. The summed E-state index contributed by atoms with van der Waals surface area (Å²) in [5.41, 5.74) is 8.31. The Morgan fingerprint density at radius 2 is 0.868 bits per heavy atom. The standard InChI is InChI=1S/C34H30Si.2ClH.Zr/c1-23-13-17-25(18-14-23)31-21-27-9-5-7-11-29(27)33(31)35(3,4)34-30-12-8-6-10-28(30)22-32(34)26-19-15-24(2)16-20-26;;;/h5-22H,1-4H3;2*1H;/q;;;+4/p-2. The molecular weight excluding hydrogens is 599 g/mol. The fourth-order valence-corrected chi connectivity index (χ4v) is 9.67. The molecule has 0 aliphatic heterocycles. The van der Waals surface area contributed by atoms with Crippen LogP contribution in [0.1, 0.15) is 22.3 Å². The van der Waals surface area contributed by atoms with E-state index < -0.39 is 28.9 Å². The van der Waals surface area contributed by atoms with Gasteiger partial charge in [0.05, 0.1) is 8.07 Å². The third kappa shape index (κ3) is 5.63. The maximum atomic E-state index is 4.93. The number of hydrogen-bond acceptors (Lipinski definition) is 0. The molecule has 0 bridgehead atoms. The number of benzene rings is 2. The Hall–Kier alpha value is -0.920. The monoisotopic (exact) mass is 626 g/mol. The van der Waals surface area contributed by atoms with E-state index in [0.717, 1.165) is 0 Å². The first-order valence-corrected chi connectivity index (χ1v) is 22.2. The Kier molecular flexibility index (Phi) is 9.26. The first kappa shape index (κ1) is 28.6. The van der Waals surface area contributed by atoms with Gasteiger partial charge < -0.3 is 0 Å². The predicted molar refractivity (Wildman–Crippen MR) is 161 cm³/mol. The van der Waals surface area contributed by atoms with E-state index in [-0.39, 0.29) is 0 Å². The van der Waals surface area contributed by atoms with Crippen LogP contribution in [0.3, 0.4) is 0 Å². The molecule has 0 heterocycles. The molecule has 4 heteroatoms. The summed E-state index contributed by atoms with van der Waals surface area (Å²) in [6.45, 7) is 9.42. The molecule has 0 unspecified atom stereocenters. The molecule has 0 saturated heterocycles. The molecule has 6 rings (SSSR count). The molecule has 0 aromatic heterocycles. The molecular formula is C34H30Cl2SiZr+2. The van der Waals surface area contributed by atoms with Gasteiger partial charge in [-0.05, 0) is 48.9 Å². The second kappa shape index (κ2) is 12.3. The molecule has 4 aliphatic rings. The molecule has 2 fully saturated rings. The van der Waals surface area contributed by atoms with Gasteiger partial charge in [0.2, 0.25) is 0 Å². The fraction of sp³-hybridized carbons (Fsp3) is 0.118. The van der Waals surface area contributed by atoms with Gasteiger partial charge in [0.15, 0.2) is 0 Å². The van der Waals surface area contributed by atoms with E-state index in [1.165, 1.54) is 57.8 Å². The molecule has 0 atom stereocenters. The van der Waals surface area contributed by atoms with Crippen molar-refractivity contribution in [3.05, 3.63) is 179 Å². The molecule has 2 saturated carbocycles. The normalized spacial score (nSPS) is 21.4. The zero-order valence-electron chi connectivity index (χ0n) is 22.1. The van der Waals surface area contributed by atoms with Crippen LogP contribution < -0.4 is 0 Å². The molecule has 2 aromatic rings. The van der Waals surface area contributed by atoms with Crippen LogP contribution in [0.4, 0.5) is 0 Å². The molecule has 186 valence electrons. The van der Waals surface area contributed by atoms with Gasteiger partial charge >= 0.3 is 37.9 Å². The summed E-state index contributed by atoms with van der Waals surface area (Å²) in [5, 5.41) is 0. The number of rotatable bonds is 4. The number of halogens is 2. The van der Waals surface area contributed by atoms with Crippen LogP contribution in [-0.4, -0.2) is 8.07 Å². The first-order chi connectivity index (χ1) is 18.3. The van der Waals surface area contributed by atoms with Crippen LogP contribution >= 0.6 is 17.0 Å². The van der Waals surface area contributed by atoms with Gasteiger partial charge in [-0.25, -0.2) is 0 Å². The number of aryl methyl sites for hydroxylation is 2. The van der Waals surface area contributed by atoms with Crippen molar-refractivity contribution in [2.45, 2.75) is 26.9 Å². The Balaban J connectivity index is 0.000000937. The molecule has 0 N–H and O–H groups in total. The summed E-state index contributed by atoms with van der Waals surface area (Å²) in [4.78, 5) is 0. The zero-order chi connectivity index (χ0) is 26.9. The fourth-order valence-electron chi connectivity index (χ4n) is 5.84. The molecule has 0 spiro atoms. The van der Waals surface area contributed by atoms with Gasteiger partial charge in [-0.2, -0.15) is 0 Å². The summed E-state index contributed by atoms with van der Waals surface area (Å²) in [6.07, 6.45) is 22.7. The van der Waals surface area contributed by atoms with E-state index in [9.17, 15) is 0 Å². The van der Waals surface area contributed by atoms with Gasteiger partial charge in [-0.1, -0.05) is 121 Å². The Labute approximate surface area is 250 Å². The molecule has 10 radical (unpaired) electrons. The van der Waals surface area contributed by atoms with Crippen LogP contribution in [0.2, 0.25) is 13.1 Å². The van der Waals surface area contributed by atoms with Crippen molar-refractivity contribution < 1.29 is 20.8 Å². The van der Waals surface area contributed by atoms with Gasteiger partial charge in [0, 0.05) is 35.5 Å². The molecule has 0 nitrogen and oxygen atoms in total. The molecule has 2 aromatic carbocycles. The first-order valence-electron chi connectivity index (χ1n) is 12.8. The van der Waals surface area contributed by atoms with Crippen molar-refractivity contribution in [1.82, 2.24) is 0 Å². The van der Waals surface area contributed by atoms with Gasteiger partial charge in [-0.3, -0.25) is 0 Å². The van der Waals surface area contributed by atoms with E-state index in [0.29, 0.717) is 0 Å². The summed E-state index contributed by atoms with van der Waals surface area (Å²) in [5.74, 6) is 8.27. The van der Waals surface area contributed by atoms with E-state index in [4.69, 9.17) is 17.0 Å². The van der Waals surface area contributed by atoms with Gasteiger partial charge in [0.1, 0.15) is 0 Å². The van der Waals surface area contributed by atoms with Gasteiger partial charge in [-0.15, -0.1) is 0 Å². The van der Waals surface area contributed by atoms with Crippen LogP contribution in [0.5, 0.6) is 0 Å². The quantitative estimate of drug-likeness (QED) is 0.296. The van der Waals surface area contributed by atoms with Crippen molar-refractivity contribution in [1.29, 1.82) is 0 Å².